The van der Waals surface area contributed by atoms with Crippen molar-refractivity contribution in [2.45, 2.75) is 65.5 Å². The van der Waals surface area contributed by atoms with E-state index in [9.17, 15) is 4.79 Å². The van der Waals surface area contributed by atoms with Crippen LogP contribution in [0.4, 0.5) is 4.79 Å². The fourth-order valence-corrected chi connectivity index (χ4v) is 2.40. The zero-order valence-corrected chi connectivity index (χ0v) is 17.6. The summed E-state index contributed by atoms with van der Waals surface area (Å²) in [5.41, 5.74) is 5.07. The fraction of sp³-hybridized carbons (Fsp3) is 0.875. The summed E-state index contributed by atoms with van der Waals surface area (Å²) >= 11 is 0. The molecular weight excluding hydrogens is 407 g/mol. The average Bonchev–Trinajstić information content (AvgIpc) is 2.33. The molecule has 1 saturated heterocycles. The number of likely N-dealkylation sites (tertiary alicyclic amines) is 1. The molecule has 1 heterocycles. The lowest BCUT2D eigenvalue weighted by Crippen LogP contribution is -2.49. The topological polar surface area (TPSA) is 80.0 Å². The van der Waals surface area contributed by atoms with E-state index in [4.69, 9.17) is 10.5 Å². The van der Waals surface area contributed by atoms with Gasteiger partial charge in [0.1, 0.15) is 5.60 Å². The molecule has 1 aliphatic rings. The van der Waals surface area contributed by atoms with Crippen molar-refractivity contribution in [2.24, 2.45) is 16.6 Å². The third-order valence-corrected chi connectivity index (χ3v) is 3.46. The zero-order chi connectivity index (χ0) is 17.0. The van der Waals surface area contributed by atoms with E-state index in [0.29, 0.717) is 18.4 Å². The summed E-state index contributed by atoms with van der Waals surface area (Å²) in [6, 6.07) is 0. The van der Waals surface area contributed by atoms with Gasteiger partial charge in [0.25, 0.3) is 0 Å². The van der Waals surface area contributed by atoms with Crippen LogP contribution in [0, 0.1) is 5.92 Å². The Balaban J connectivity index is 0.00000484. The lowest BCUT2D eigenvalue weighted by atomic mass is 10.0. The molecule has 6 nitrogen and oxygen atoms in total. The van der Waals surface area contributed by atoms with Gasteiger partial charge < -0.3 is 20.7 Å². The smallest absolute Gasteiger partial charge is 0.408 e. The highest BCUT2D eigenvalue weighted by molar-refractivity contribution is 14.0. The minimum Gasteiger partial charge on any atom is -0.444 e. The number of hydrogen-bond donors (Lipinski definition) is 2. The lowest BCUT2D eigenvalue weighted by Gasteiger charge is -2.32. The molecule has 0 aromatic heterocycles. The van der Waals surface area contributed by atoms with Gasteiger partial charge in [0.15, 0.2) is 5.96 Å². The van der Waals surface area contributed by atoms with Gasteiger partial charge >= 0.3 is 6.09 Å². The van der Waals surface area contributed by atoms with Gasteiger partial charge in [-0.25, -0.2) is 4.79 Å². The third-order valence-electron chi connectivity index (χ3n) is 3.46. The number of guanidine groups is 1. The Hall–Kier alpha value is -0.730. The van der Waals surface area contributed by atoms with E-state index in [0.717, 1.165) is 19.5 Å². The summed E-state index contributed by atoms with van der Waals surface area (Å²) in [7, 11) is 0. The molecule has 1 aliphatic heterocycles. The van der Waals surface area contributed by atoms with Crippen molar-refractivity contribution in [3.05, 3.63) is 0 Å². The number of piperidine rings is 1. The molecule has 0 aliphatic carbocycles. The van der Waals surface area contributed by atoms with Gasteiger partial charge in [-0.2, -0.15) is 0 Å². The van der Waals surface area contributed by atoms with E-state index in [1.54, 1.807) is 0 Å². The highest BCUT2D eigenvalue weighted by Gasteiger charge is 2.25. The predicted octanol–water partition coefficient (Wildman–Crippen LogP) is 2.95. The van der Waals surface area contributed by atoms with E-state index >= 15 is 0 Å². The maximum Gasteiger partial charge on any atom is 0.408 e. The number of nitrogens with two attached hydrogens (primary N) is 1. The predicted molar refractivity (Wildman–Crippen MR) is 105 cm³/mol. The minimum atomic E-state index is -0.508. The molecule has 1 fully saturated rings. The van der Waals surface area contributed by atoms with Crippen LogP contribution >= 0.6 is 24.0 Å². The molecule has 7 heteroatoms. The largest absolute Gasteiger partial charge is 0.444 e. The molecule has 0 spiro atoms. The molecule has 23 heavy (non-hydrogen) atoms. The van der Waals surface area contributed by atoms with Crippen LogP contribution in [-0.4, -0.2) is 47.7 Å². The number of halogens is 1. The van der Waals surface area contributed by atoms with Crippen LogP contribution in [0.1, 0.15) is 54.4 Å². The number of ether oxygens (including phenoxy) is 1. The Bertz CT molecular complexity index is 419. The van der Waals surface area contributed by atoms with Gasteiger partial charge in [0, 0.05) is 13.1 Å². The molecule has 0 bridgehead atoms. The fourth-order valence-electron chi connectivity index (χ4n) is 2.40. The van der Waals surface area contributed by atoms with Crippen molar-refractivity contribution in [1.29, 1.82) is 0 Å². The molecule has 1 amide bonds. The highest BCUT2D eigenvalue weighted by Crippen LogP contribution is 2.15. The number of nitrogens with one attached hydrogen (secondary N) is 1. The van der Waals surface area contributed by atoms with E-state index < -0.39 is 17.2 Å². The van der Waals surface area contributed by atoms with E-state index in [1.165, 1.54) is 6.42 Å². The van der Waals surface area contributed by atoms with E-state index in [2.05, 4.69) is 22.1 Å². The monoisotopic (exact) mass is 440 g/mol. The molecule has 1 atom stereocenters. The van der Waals surface area contributed by atoms with Crippen LogP contribution in [-0.2, 0) is 4.74 Å². The quantitative estimate of drug-likeness (QED) is 0.402. The maximum absolute atomic E-state index is 11.8. The zero-order valence-electron chi connectivity index (χ0n) is 15.3. The Morgan fingerprint density at radius 2 is 1.96 bits per heavy atom. The SMILES string of the molecule is CC1CCCN(C(N)=NCC(C)(C)NC(=O)OC(C)(C)C)C1.I. The summed E-state index contributed by atoms with van der Waals surface area (Å²) in [6.45, 7) is 13.9. The van der Waals surface area contributed by atoms with Gasteiger partial charge in [-0.1, -0.05) is 6.92 Å². The summed E-state index contributed by atoms with van der Waals surface area (Å²) in [6.07, 6.45) is 1.96. The number of hydrogen-bond acceptors (Lipinski definition) is 3. The summed E-state index contributed by atoms with van der Waals surface area (Å²) < 4.78 is 5.27. The van der Waals surface area contributed by atoms with Gasteiger partial charge in [0.05, 0.1) is 12.1 Å². The maximum atomic E-state index is 11.8. The number of aliphatic imine (C=N–C) groups is 1. The molecule has 0 aromatic rings. The van der Waals surface area contributed by atoms with Crippen LogP contribution in [0.3, 0.4) is 0 Å². The number of nitrogens with zero attached hydrogens (tertiary/aromatic N) is 2. The summed E-state index contributed by atoms with van der Waals surface area (Å²) in [5, 5.41) is 2.84. The Labute approximate surface area is 157 Å². The molecular formula is C16H33IN4O2. The second kappa shape index (κ2) is 8.94. The number of rotatable bonds is 3. The number of carbonyl (C=O) groups is 1. The first-order valence-corrected chi connectivity index (χ1v) is 8.04. The standard InChI is InChI=1S/C16H32N4O2.HI/c1-12-8-7-9-20(10-12)13(17)18-11-16(5,6)19-14(21)22-15(2,3)4;/h12H,7-11H2,1-6H3,(H2,17,18)(H,19,21);1H. The van der Waals surface area contributed by atoms with Crippen molar-refractivity contribution < 1.29 is 9.53 Å². The molecule has 1 rings (SSSR count). The molecule has 0 radical (unpaired) electrons. The first-order valence-electron chi connectivity index (χ1n) is 8.04. The van der Waals surface area contributed by atoms with Crippen molar-refractivity contribution in [3.8, 4) is 0 Å². The minimum absolute atomic E-state index is 0. The van der Waals surface area contributed by atoms with Crippen molar-refractivity contribution in [3.63, 3.8) is 0 Å². The molecule has 3 N–H and O–H groups in total. The molecule has 1 unspecified atom stereocenters. The van der Waals surface area contributed by atoms with Crippen LogP contribution in [0.5, 0.6) is 0 Å². The van der Waals surface area contributed by atoms with Gasteiger partial charge in [-0.15, -0.1) is 24.0 Å². The van der Waals surface area contributed by atoms with Crippen LogP contribution in [0.15, 0.2) is 4.99 Å². The third kappa shape index (κ3) is 9.22. The first kappa shape index (κ1) is 22.3. The second-order valence-electron chi connectivity index (χ2n) is 7.88. The van der Waals surface area contributed by atoms with E-state index in [1.807, 2.05) is 34.6 Å². The Morgan fingerprint density at radius 3 is 2.48 bits per heavy atom. The average molecular weight is 440 g/mol. The van der Waals surface area contributed by atoms with Gasteiger partial charge in [0.2, 0.25) is 0 Å². The van der Waals surface area contributed by atoms with Crippen molar-refractivity contribution in [2.75, 3.05) is 19.6 Å². The van der Waals surface area contributed by atoms with Gasteiger partial charge in [-0.05, 0) is 53.4 Å². The Kier molecular flexibility index (Phi) is 8.65. The lowest BCUT2D eigenvalue weighted by molar-refractivity contribution is 0.0476. The molecule has 136 valence electrons. The van der Waals surface area contributed by atoms with Crippen molar-refractivity contribution >= 4 is 36.0 Å². The Morgan fingerprint density at radius 1 is 1.35 bits per heavy atom. The van der Waals surface area contributed by atoms with E-state index in [-0.39, 0.29) is 24.0 Å². The van der Waals surface area contributed by atoms with Crippen molar-refractivity contribution in [1.82, 2.24) is 10.2 Å². The van der Waals surface area contributed by atoms with Crippen LogP contribution < -0.4 is 11.1 Å². The van der Waals surface area contributed by atoms with Crippen LogP contribution in [0.25, 0.3) is 0 Å². The number of alkyl carbamates (subject to hydrolysis) is 1. The summed E-state index contributed by atoms with van der Waals surface area (Å²) in [4.78, 5) is 18.4. The molecule has 0 saturated carbocycles. The first-order chi connectivity index (χ1) is 9.98. The highest BCUT2D eigenvalue weighted by atomic mass is 127. The molecule has 0 aromatic carbocycles. The number of carbonyl (C=O) groups excluding carboxylic acids is 1. The van der Waals surface area contributed by atoms with Gasteiger partial charge in [-0.3, -0.25) is 4.99 Å². The summed E-state index contributed by atoms with van der Waals surface area (Å²) in [5.74, 6) is 1.21. The second-order valence-corrected chi connectivity index (χ2v) is 7.88. The van der Waals surface area contributed by atoms with Crippen LogP contribution in [0.2, 0.25) is 0 Å². The normalized spacial score (nSPS) is 19.8. The number of amides is 1.